The van der Waals surface area contributed by atoms with E-state index >= 15 is 0 Å². The van der Waals surface area contributed by atoms with Crippen LogP contribution in [0.5, 0.6) is 0 Å². The number of likely N-dealkylation sites (tertiary alicyclic amines) is 1. The Bertz CT molecular complexity index is 729. The fraction of sp³-hybridized carbons (Fsp3) is 0.316. The van der Waals surface area contributed by atoms with Gasteiger partial charge >= 0.3 is 0 Å². The molecule has 0 bridgehead atoms. The van der Waals surface area contributed by atoms with Crippen LogP contribution in [0.1, 0.15) is 34.3 Å². The van der Waals surface area contributed by atoms with Crippen LogP contribution in [0, 0.1) is 5.82 Å². The highest BCUT2D eigenvalue weighted by Gasteiger charge is 2.18. The Kier molecular flexibility index (Phi) is 5.63. The summed E-state index contributed by atoms with van der Waals surface area (Å²) in [6.07, 6.45) is 2.58. The van der Waals surface area contributed by atoms with Gasteiger partial charge in [-0.15, -0.1) is 0 Å². The van der Waals surface area contributed by atoms with Crippen LogP contribution in [-0.4, -0.2) is 19.0 Å². The molecule has 0 spiro atoms. The van der Waals surface area contributed by atoms with E-state index in [9.17, 15) is 9.18 Å². The smallest absolute Gasteiger partial charge is 0.254 e. The largest absolute Gasteiger partial charge is 0.348 e. The minimum Gasteiger partial charge on any atom is -0.348 e. The third-order valence-electron chi connectivity index (χ3n) is 4.48. The number of amides is 1. The Hall–Kier alpha value is -1.72. The second-order valence-electron chi connectivity index (χ2n) is 6.21. The number of hydrogen-bond donors (Lipinski definition) is 2. The van der Waals surface area contributed by atoms with E-state index in [2.05, 4.69) is 27.3 Å². The normalized spacial score (nSPS) is 14.8. The predicted molar refractivity (Wildman–Crippen MR) is 95.3 cm³/mol. The van der Waals surface area contributed by atoms with Gasteiger partial charge in [-0.2, -0.15) is 0 Å². The molecular weight excluding hydrogens is 371 g/mol. The summed E-state index contributed by atoms with van der Waals surface area (Å²) < 4.78 is 14.5. The van der Waals surface area contributed by atoms with Gasteiger partial charge in [-0.25, -0.2) is 4.39 Å². The summed E-state index contributed by atoms with van der Waals surface area (Å²) in [5, 5.41) is 2.84. The average Bonchev–Trinajstić information content (AvgIpc) is 3.09. The topological polar surface area (TPSA) is 33.5 Å². The minimum absolute atomic E-state index is 0.0621. The van der Waals surface area contributed by atoms with Crippen LogP contribution in [0.3, 0.4) is 0 Å². The van der Waals surface area contributed by atoms with Crippen LogP contribution in [-0.2, 0) is 13.1 Å². The van der Waals surface area contributed by atoms with Crippen molar-refractivity contribution in [2.24, 2.45) is 0 Å². The molecule has 3 rings (SSSR count). The maximum atomic E-state index is 13.8. The molecule has 0 radical (unpaired) electrons. The number of benzene rings is 2. The van der Waals surface area contributed by atoms with Crippen molar-refractivity contribution in [3.05, 3.63) is 69.4 Å². The maximum Gasteiger partial charge on any atom is 0.254 e. The van der Waals surface area contributed by atoms with Gasteiger partial charge in [0.2, 0.25) is 0 Å². The highest BCUT2D eigenvalue weighted by atomic mass is 79.9. The molecule has 1 fully saturated rings. The Morgan fingerprint density at radius 1 is 1.12 bits per heavy atom. The van der Waals surface area contributed by atoms with Crippen molar-refractivity contribution < 1.29 is 14.1 Å². The monoisotopic (exact) mass is 391 g/mol. The average molecular weight is 392 g/mol. The number of carbonyl (C=O) groups excluding carboxylic acids is 1. The van der Waals surface area contributed by atoms with Gasteiger partial charge in [0.25, 0.3) is 5.91 Å². The fourth-order valence-corrected chi connectivity index (χ4v) is 3.53. The van der Waals surface area contributed by atoms with Crippen LogP contribution >= 0.6 is 15.9 Å². The Labute approximate surface area is 150 Å². The van der Waals surface area contributed by atoms with Crippen LogP contribution in [0.2, 0.25) is 0 Å². The molecule has 3 nitrogen and oxygen atoms in total. The molecule has 0 unspecified atom stereocenters. The van der Waals surface area contributed by atoms with Gasteiger partial charge in [0.15, 0.2) is 0 Å². The molecule has 0 aromatic heterocycles. The number of halogens is 2. The van der Waals surface area contributed by atoms with Gasteiger partial charge in [-0.3, -0.25) is 4.79 Å². The summed E-state index contributed by atoms with van der Waals surface area (Å²) in [6.45, 7) is 3.82. The lowest BCUT2D eigenvalue weighted by Crippen LogP contribution is -3.08. The van der Waals surface area contributed by atoms with E-state index in [1.807, 2.05) is 18.2 Å². The van der Waals surface area contributed by atoms with Crippen molar-refractivity contribution in [3.8, 4) is 0 Å². The van der Waals surface area contributed by atoms with Crippen LogP contribution < -0.4 is 10.2 Å². The molecular formula is C19H21BrFN2O+. The molecule has 0 saturated carbocycles. The van der Waals surface area contributed by atoms with Crippen molar-refractivity contribution in [1.82, 2.24) is 5.32 Å². The van der Waals surface area contributed by atoms with Crippen molar-refractivity contribution in [2.75, 3.05) is 13.1 Å². The number of hydrogen-bond acceptors (Lipinski definition) is 1. The van der Waals surface area contributed by atoms with Crippen LogP contribution in [0.15, 0.2) is 46.9 Å². The van der Waals surface area contributed by atoms with E-state index in [0.717, 1.165) is 12.1 Å². The second-order valence-corrected chi connectivity index (χ2v) is 7.13. The highest BCUT2D eigenvalue weighted by Crippen LogP contribution is 2.16. The van der Waals surface area contributed by atoms with Crippen molar-refractivity contribution in [1.29, 1.82) is 0 Å². The maximum absolute atomic E-state index is 13.8. The van der Waals surface area contributed by atoms with Gasteiger partial charge in [-0.05, 0) is 23.8 Å². The Morgan fingerprint density at radius 2 is 1.83 bits per heavy atom. The molecule has 1 heterocycles. The second kappa shape index (κ2) is 7.90. The molecule has 1 aliphatic rings. The number of rotatable bonds is 5. The van der Waals surface area contributed by atoms with E-state index in [1.54, 1.807) is 11.0 Å². The molecule has 1 aliphatic heterocycles. The Balaban J connectivity index is 1.67. The first-order chi connectivity index (χ1) is 11.6. The number of quaternary nitrogens is 1. The molecule has 0 aliphatic carbocycles. The molecule has 2 N–H and O–H groups in total. The molecule has 24 heavy (non-hydrogen) atoms. The lowest BCUT2D eigenvalue weighted by atomic mass is 10.1. The zero-order chi connectivity index (χ0) is 16.9. The first-order valence-electron chi connectivity index (χ1n) is 8.27. The Morgan fingerprint density at radius 3 is 2.58 bits per heavy atom. The van der Waals surface area contributed by atoms with Gasteiger partial charge in [0.05, 0.1) is 18.7 Å². The molecule has 2 aromatic carbocycles. The third-order valence-corrected chi connectivity index (χ3v) is 4.98. The molecule has 0 atom stereocenters. The van der Waals surface area contributed by atoms with E-state index < -0.39 is 11.7 Å². The van der Waals surface area contributed by atoms with Crippen LogP contribution in [0.4, 0.5) is 4.39 Å². The summed E-state index contributed by atoms with van der Waals surface area (Å²) in [4.78, 5) is 13.9. The zero-order valence-electron chi connectivity index (χ0n) is 13.4. The zero-order valence-corrected chi connectivity index (χ0v) is 15.0. The lowest BCUT2D eigenvalue weighted by Gasteiger charge is -2.15. The summed E-state index contributed by atoms with van der Waals surface area (Å²) >= 11 is 3.27. The predicted octanol–water partition coefficient (Wildman–Crippen LogP) is 2.70. The first kappa shape index (κ1) is 17.1. The van der Waals surface area contributed by atoms with E-state index in [1.165, 1.54) is 43.6 Å². The van der Waals surface area contributed by atoms with Crippen molar-refractivity contribution in [3.63, 3.8) is 0 Å². The SMILES string of the molecule is O=C(NCc1ccccc1C[NH+]1CCCC1)c1cc(Br)ccc1F. The molecule has 126 valence electrons. The molecule has 1 amide bonds. The third kappa shape index (κ3) is 4.22. The number of carbonyl (C=O) groups is 1. The quantitative estimate of drug-likeness (QED) is 0.806. The van der Waals surface area contributed by atoms with E-state index in [-0.39, 0.29) is 5.56 Å². The molecule has 2 aromatic rings. The van der Waals surface area contributed by atoms with E-state index in [0.29, 0.717) is 11.0 Å². The van der Waals surface area contributed by atoms with Gasteiger partial charge in [-0.1, -0.05) is 40.2 Å². The molecule has 5 heteroatoms. The van der Waals surface area contributed by atoms with E-state index in [4.69, 9.17) is 0 Å². The van der Waals surface area contributed by atoms with Crippen molar-refractivity contribution in [2.45, 2.75) is 25.9 Å². The minimum atomic E-state index is -0.509. The van der Waals surface area contributed by atoms with Gasteiger partial charge < -0.3 is 10.2 Å². The summed E-state index contributed by atoms with van der Waals surface area (Å²) in [7, 11) is 0. The highest BCUT2D eigenvalue weighted by molar-refractivity contribution is 9.10. The van der Waals surface area contributed by atoms with Crippen molar-refractivity contribution >= 4 is 21.8 Å². The summed E-state index contributed by atoms with van der Waals surface area (Å²) in [6, 6.07) is 12.5. The lowest BCUT2D eigenvalue weighted by molar-refractivity contribution is -0.901. The summed E-state index contributed by atoms with van der Waals surface area (Å²) in [5.74, 6) is -0.900. The number of nitrogens with one attached hydrogen (secondary N) is 2. The van der Waals surface area contributed by atoms with Crippen LogP contribution in [0.25, 0.3) is 0 Å². The standard InChI is InChI=1S/C19H20BrFN2O/c20-16-7-8-18(21)17(11-16)19(24)22-12-14-5-1-2-6-15(14)13-23-9-3-4-10-23/h1-2,5-8,11H,3-4,9-10,12-13H2,(H,22,24)/p+1. The van der Waals surface area contributed by atoms with Gasteiger partial charge in [0, 0.05) is 29.4 Å². The summed E-state index contributed by atoms with van der Waals surface area (Å²) in [5.41, 5.74) is 2.41. The molecule has 1 saturated heterocycles. The first-order valence-corrected chi connectivity index (χ1v) is 9.06. The van der Waals surface area contributed by atoms with Gasteiger partial charge in [0.1, 0.15) is 12.4 Å². The fourth-order valence-electron chi connectivity index (χ4n) is 3.17.